The first-order valence-corrected chi connectivity index (χ1v) is 5.19. The van der Waals surface area contributed by atoms with E-state index in [9.17, 15) is 0 Å². The molecule has 0 heteroatoms. The summed E-state index contributed by atoms with van der Waals surface area (Å²) >= 11 is 0. The van der Waals surface area contributed by atoms with Gasteiger partial charge in [-0.2, -0.15) is 0 Å². The molecule has 0 nitrogen and oxygen atoms in total. The summed E-state index contributed by atoms with van der Waals surface area (Å²) in [6, 6.07) is 10.7. The van der Waals surface area contributed by atoms with Gasteiger partial charge in [-0.1, -0.05) is 37.3 Å². The summed E-state index contributed by atoms with van der Waals surface area (Å²) in [5.74, 6) is 1.32. The van der Waals surface area contributed by atoms with Gasteiger partial charge in [0.05, 0.1) is 0 Å². The van der Waals surface area contributed by atoms with Gasteiger partial charge in [-0.05, 0) is 36.5 Å². The molecular formula is C14H16. The van der Waals surface area contributed by atoms with Gasteiger partial charge in [0, 0.05) is 5.92 Å². The number of benzene rings is 1. The molecule has 0 radical (unpaired) electrons. The van der Waals surface area contributed by atoms with Crippen molar-refractivity contribution in [3.8, 4) is 0 Å². The molecule has 0 aliphatic heterocycles. The van der Waals surface area contributed by atoms with Gasteiger partial charge < -0.3 is 0 Å². The van der Waals surface area contributed by atoms with Gasteiger partial charge in [-0.3, -0.25) is 0 Å². The minimum absolute atomic E-state index is 0.631. The normalized spacial score (nSPS) is 24.4. The fourth-order valence-electron chi connectivity index (χ4n) is 2.00. The van der Waals surface area contributed by atoms with E-state index in [0.29, 0.717) is 11.8 Å². The minimum atomic E-state index is 0.631. The van der Waals surface area contributed by atoms with E-state index < -0.39 is 0 Å². The summed E-state index contributed by atoms with van der Waals surface area (Å²) in [7, 11) is 0. The standard InChI is InChI=1S/C14H16/c1-10(2)9-13-11(3)14(13)12-7-5-4-6-8-12/h4-8,11,14H,1-3H3/t11-,14-/m0/s1. The minimum Gasteiger partial charge on any atom is -0.122 e. The van der Waals surface area contributed by atoms with Gasteiger partial charge in [-0.25, -0.2) is 0 Å². The molecule has 0 saturated heterocycles. The molecule has 1 fully saturated rings. The summed E-state index contributed by atoms with van der Waals surface area (Å²) < 4.78 is 0. The summed E-state index contributed by atoms with van der Waals surface area (Å²) in [5, 5.41) is 0. The Labute approximate surface area is 86.0 Å². The van der Waals surface area contributed by atoms with Crippen molar-refractivity contribution >= 4 is 0 Å². The van der Waals surface area contributed by atoms with Crippen LogP contribution in [0.5, 0.6) is 0 Å². The Morgan fingerprint density at radius 2 is 1.79 bits per heavy atom. The molecule has 72 valence electrons. The van der Waals surface area contributed by atoms with Crippen molar-refractivity contribution in [3.05, 3.63) is 52.8 Å². The van der Waals surface area contributed by atoms with Crippen LogP contribution >= 0.6 is 0 Å². The van der Waals surface area contributed by atoms with Gasteiger partial charge in [-0.15, -0.1) is 5.73 Å². The smallest absolute Gasteiger partial charge is 0.0196 e. The van der Waals surface area contributed by atoms with Crippen LogP contribution in [0.2, 0.25) is 0 Å². The molecule has 0 amide bonds. The molecule has 0 N–H and O–H groups in total. The first kappa shape index (κ1) is 9.30. The molecule has 1 aromatic rings. The topological polar surface area (TPSA) is 0 Å². The van der Waals surface area contributed by atoms with Crippen molar-refractivity contribution in [1.29, 1.82) is 0 Å². The Morgan fingerprint density at radius 3 is 2.36 bits per heavy atom. The van der Waals surface area contributed by atoms with Crippen LogP contribution in [0.3, 0.4) is 0 Å². The zero-order chi connectivity index (χ0) is 10.1. The van der Waals surface area contributed by atoms with E-state index in [1.807, 2.05) is 0 Å². The molecule has 1 aliphatic rings. The highest BCUT2D eigenvalue weighted by Gasteiger charge is 2.41. The lowest BCUT2D eigenvalue weighted by atomic mass is 10.1. The highest BCUT2D eigenvalue weighted by atomic mass is 14.4. The number of hydrogen-bond donors (Lipinski definition) is 0. The maximum absolute atomic E-state index is 3.45. The van der Waals surface area contributed by atoms with E-state index >= 15 is 0 Å². The zero-order valence-electron chi connectivity index (χ0n) is 9.04. The molecule has 0 heterocycles. The lowest BCUT2D eigenvalue weighted by Gasteiger charge is -1.94. The molecule has 0 aromatic heterocycles. The highest BCUT2D eigenvalue weighted by molar-refractivity contribution is 5.44. The Morgan fingerprint density at radius 1 is 1.14 bits per heavy atom. The Kier molecular flexibility index (Phi) is 2.31. The second-order valence-corrected chi connectivity index (χ2v) is 4.26. The third-order valence-electron chi connectivity index (χ3n) is 2.77. The quantitative estimate of drug-likeness (QED) is 0.580. The van der Waals surface area contributed by atoms with E-state index in [1.54, 1.807) is 0 Å². The summed E-state index contributed by atoms with van der Waals surface area (Å²) in [4.78, 5) is 0. The zero-order valence-corrected chi connectivity index (χ0v) is 9.04. The summed E-state index contributed by atoms with van der Waals surface area (Å²) in [5.41, 5.74) is 7.63. The molecule has 0 bridgehead atoms. The van der Waals surface area contributed by atoms with Crippen LogP contribution in [0.15, 0.2) is 47.2 Å². The SMILES string of the molecule is CC(C)=C=C1[C@H](c2ccccc2)[C@H]1C. The fraction of sp³-hybridized carbons (Fsp3) is 0.357. The van der Waals surface area contributed by atoms with Gasteiger partial charge >= 0.3 is 0 Å². The van der Waals surface area contributed by atoms with Crippen molar-refractivity contribution in [1.82, 2.24) is 0 Å². The van der Waals surface area contributed by atoms with Crippen molar-refractivity contribution in [2.45, 2.75) is 26.7 Å². The Balaban J connectivity index is 2.31. The van der Waals surface area contributed by atoms with E-state index in [1.165, 1.54) is 16.7 Å². The van der Waals surface area contributed by atoms with Gasteiger partial charge in [0.25, 0.3) is 0 Å². The third kappa shape index (κ3) is 1.66. The second kappa shape index (κ2) is 3.48. The maximum atomic E-state index is 3.45. The van der Waals surface area contributed by atoms with Crippen LogP contribution < -0.4 is 0 Å². The van der Waals surface area contributed by atoms with Crippen molar-refractivity contribution in [3.63, 3.8) is 0 Å². The third-order valence-corrected chi connectivity index (χ3v) is 2.77. The van der Waals surface area contributed by atoms with E-state index in [2.05, 4.69) is 56.8 Å². The largest absolute Gasteiger partial charge is 0.122 e. The Hall–Kier alpha value is -1.26. The molecule has 2 rings (SSSR count). The van der Waals surface area contributed by atoms with Gasteiger partial charge in [0.1, 0.15) is 0 Å². The van der Waals surface area contributed by atoms with Crippen molar-refractivity contribution < 1.29 is 0 Å². The number of rotatable bonds is 1. The first-order valence-electron chi connectivity index (χ1n) is 5.19. The molecule has 1 saturated carbocycles. The lowest BCUT2D eigenvalue weighted by Crippen LogP contribution is -1.77. The monoisotopic (exact) mass is 184 g/mol. The molecule has 0 unspecified atom stereocenters. The van der Waals surface area contributed by atoms with Crippen LogP contribution in [0.25, 0.3) is 0 Å². The molecule has 1 aliphatic carbocycles. The van der Waals surface area contributed by atoms with Crippen LogP contribution in [-0.2, 0) is 0 Å². The molecule has 14 heavy (non-hydrogen) atoms. The molecule has 0 spiro atoms. The maximum Gasteiger partial charge on any atom is 0.0196 e. The van der Waals surface area contributed by atoms with Gasteiger partial charge in [0.15, 0.2) is 0 Å². The predicted octanol–water partition coefficient (Wildman–Crippen LogP) is 3.91. The average Bonchev–Trinajstić information content (AvgIpc) is 2.77. The fourth-order valence-corrected chi connectivity index (χ4v) is 2.00. The molecule has 1 aromatic carbocycles. The predicted molar refractivity (Wildman–Crippen MR) is 60.2 cm³/mol. The van der Waals surface area contributed by atoms with Gasteiger partial charge in [0.2, 0.25) is 0 Å². The Bertz CT molecular complexity index is 387. The highest BCUT2D eigenvalue weighted by Crippen LogP contribution is 2.52. The van der Waals surface area contributed by atoms with E-state index in [4.69, 9.17) is 0 Å². The van der Waals surface area contributed by atoms with Crippen molar-refractivity contribution in [2.24, 2.45) is 5.92 Å². The van der Waals surface area contributed by atoms with E-state index in [-0.39, 0.29) is 0 Å². The summed E-state index contributed by atoms with van der Waals surface area (Å²) in [6.07, 6.45) is 0. The van der Waals surface area contributed by atoms with Crippen LogP contribution in [0.4, 0.5) is 0 Å². The molecular weight excluding hydrogens is 168 g/mol. The average molecular weight is 184 g/mol. The van der Waals surface area contributed by atoms with Crippen LogP contribution in [0.1, 0.15) is 32.3 Å². The van der Waals surface area contributed by atoms with E-state index in [0.717, 1.165) is 0 Å². The first-order chi connectivity index (χ1) is 6.70. The summed E-state index contributed by atoms with van der Waals surface area (Å²) in [6.45, 7) is 6.50. The number of hydrogen-bond acceptors (Lipinski definition) is 0. The van der Waals surface area contributed by atoms with Crippen LogP contribution in [0, 0.1) is 5.92 Å². The van der Waals surface area contributed by atoms with Crippen LogP contribution in [-0.4, -0.2) is 0 Å². The molecule has 2 atom stereocenters. The van der Waals surface area contributed by atoms with Crippen molar-refractivity contribution in [2.75, 3.05) is 0 Å². The second-order valence-electron chi connectivity index (χ2n) is 4.26. The lowest BCUT2D eigenvalue weighted by molar-refractivity contribution is 0.920. The number of allylic oxidation sites excluding steroid dienone is 1.